The summed E-state index contributed by atoms with van der Waals surface area (Å²) in [7, 11) is 0. The van der Waals surface area contributed by atoms with Gasteiger partial charge in [-0.1, -0.05) is 26.5 Å². The van der Waals surface area contributed by atoms with E-state index < -0.39 is 0 Å². The van der Waals surface area contributed by atoms with Gasteiger partial charge in [0.05, 0.1) is 6.61 Å². The van der Waals surface area contributed by atoms with E-state index in [1.807, 2.05) is 32.0 Å². The largest absolute Gasteiger partial charge is 0.490 e. The zero-order chi connectivity index (χ0) is 15.4. The van der Waals surface area contributed by atoms with E-state index in [2.05, 4.69) is 6.58 Å². The monoisotopic (exact) mass is 288 g/mol. The molecule has 0 saturated heterocycles. The summed E-state index contributed by atoms with van der Waals surface area (Å²) in [6, 6.07) is 5.55. The molecule has 0 aromatic heterocycles. The molecular weight excluding hydrogens is 268 g/mol. The van der Waals surface area contributed by atoms with Crippen molar-refractivity contribution in [1.82, 2.24) is 0 Å². The second-order valence-electron chi connectivity index (χ2n) is 5.40. The van der Waals surface area contributed by atoms with Gasteiger partial charge >= 0.3 is 0 Å². The number of hydrogen-bond donors (Lipinski definition) is 0. The summed E-state index contributed by atoms with van der Waals surface area (Å²) in [5.74, 6) is 1.76. The number of rotatable bonds is 6. The van der Waals surface area contributed by atoms with Crippen molar-refractivity contribution >= 4 is 11.9 Å². The number of carbonyl (C=O) groups is 1. The molecule has 0 fully saturated rings. The van der Waals surface area contributed by atoms with Crippen LogP contribution in [-0.4, -0.2) is 19.2 Å². The van der Waals surface area contributed by atoms with Crippen molar-refractivity contribution in [2.75, 3.05) is 13.4 Å². The summed E-state index contributed by atoms with van der Waals surface area (Å²) in [5, 5.41) is 0. The summed E-state index contributed by atoms with van der Waals surface area (Å²) in [6.45, 7) is 10.2. The minimum atomic E-state index is -0.187. The second-order valence-corrected chi connectivity index (χ2v) is 5.40. The molecule has 0 unspecified atom stereocenters. The molecule has 21 heavy (non-hydrogen) atoms. The second kappa shape index (κ2) is 6.48. The average Bonchev–Trinajstić information content (AvgIpc) is 2.91. The zero-order valence-corrected chi connectivity index (χ0v) is 12.6. The Hall–Kier alpha value is -2.23. The van der Waals surface area contributed by atoms with Crippen LogP contribution in [0.5, 0.6) is 11.5 Å². The molecule has 0 amide bonds. The molecule has 4 nitrogen and oxygen atoms in total. The van der Waals surface area contributed by atoms with E-state index in [1.165, 1.54) is 0 Å². The lowest BCUT2D eigenvalue weighted by atomic mass is 10.1. The van der Waals surface area contributed by atoms with Crippen molar-refractivity contribution in [1.29, 1.82) is 0 Å². The maximum Gasteiger partial charge on any atom is 0.231 e. The van der Waals surface area contributed by atoms with Crippen molar-refractivity contribution in [3.8, 4) is 11.5 Å². The lowest BCUT2D eigenvalue weighted by Gasteiger charge is -2.10. The number of fused-ring (bicyclic) bond motifs is 1. The molecule has 2 rings (SSSR count). The summed E-state index contributed by atoms with van der Waals surface area (Å²) in [4.78, 5) is 12.1. The number of hydrogen-bond acceptors (Lipinski definition) is 4. The van der Waals surface area contributed by atoms with Gasteiger partial charge in [0.15, 0.2) is 17.3 Å². The van der Waals surface area contributed by atoms with Crippen molar-refractivity contribution < 1.29 is 19.0 Å². The van der Waals surface area contributed by atoms with Gasteiger partial charge in [-0.05, 0) is 36.6 Å². The van der Waals surface area contributed by atoms with Gasteiger partial charge in [-0.2, -0.15) is 0 Å². The first-order valence-corrected chi connectivity index (χ1v) is 6.91. The fourth-order valence-electron chi connectivity index (χ4n) is 1.87. The number of ether oxygens (including phenoxy) is 3. The molecule has 4 heteroatoms. The normalized spacial score (nSPS) is 13.4. The predicted molar refractivity (Wildman–Crippen MR) is 81.2 cm³/mol. The average molecular weight is 288 g/mol. The Balaban J connectivity index is 2.06. The fraction of sp³-hybridized carbons (Fsp3) is 0.353. The van der Waals surface area contributed by atoms with Crippen LogP contribution >= 0.6 is 0 Å². The highest BCUT2D eigenvalue weighted by molar-refractivity contribution is 6.08. The third-order valence-electron chi connectivity index (χ3n) is 2.98. The van der Waals surface area contributed by atoms with Crippen LogP contribution < -0.4 is 9.47 Å². The highest BCUT2D eigenvalue weighted by Crippen LogP contribution is 2.33. The van der Waals surface area contributed by atoms with E-state index in [4.69, 9.17) is 14.2 Å². The molecule has 0 aliphatic carbocycles. The summed E-state index contributed by atoms with van der Waals surface area (Å²) < 4.78 is 15.9. The minimum Gasteiger partial charge on any atom is -0.490 e. The summed E-state index contributed by atoms with van der Waals surface area (Å²) in [5.41, 5.74) is 1.45. The number of benzene rings is 1. The summed E-state index contributed by atoms with van der Waals surface area (Å²) in [6.07, 6.45) is 1.79. The Morgan fingerprint density at radius 1 is 1.38 bits per heavy atom. The Morgan fingerprint density at radius 2 is 2.10 bits per heavy atom. The van der Waals surface area contributed by atoms with Gasteiger partial charge in [0.2, 0.25) is 12.6 Å². The zero-order valence-electron chi connectivity index (χ0n) is 12.6. The van der Waals surface area contributed by atoms with Crippen LogP contribution in [0.3, 0.4) is 0 Å². The topological polar surface area (TPSA) is 44.8 Å². The maximum atomic E-state index is 12.1. The Labute approximate surface area is 125 Å². The van der Waals surface area contributed by atoms with Crippen LogP contribution in [0, 0.1) is 5.92 Å². The standard InChI is InChI=1S/C17H20O4/c1-11(2)9-19-13(4)17(18)12(3)7-14-5-6-15-16(8-14)21-10-20-15/h5-8,11H,4,9-10H2,1-3H3/b12-7+. The third kappa shape index (κ3) is 3.88. The molecule has 1 aliphatic rings. The van der Waals surface area contributed by atoms with Gasteiger partial charge in [0.25, 0.3) is 0 Å². The first-order chi connectivity index (χ1) is 9.97. The van der Waals surface area contributed by atoms with E-state index >= 15 is 0 Å². The van der Waals surface area contributed by atoms with Gasteiger partial charge in [0, 0.05) is 5.57 Å². The van der Waals surface area contributed by atoms with E-state index in [9.17, 15) is 4.79 Å². The number of allylic oxidation sites excluding steroid dienone is 1. The molecule has 0 atom stereocenters. The van der Waals surface area contributed by atoms with Crippen LogP contribution in [0.2, 0.25) is 0 Å². The Bertz CT molecular complexity index is 584. The van der Waals surface area contributed by atoms with Gasteiger partial charge in [-0.15, -0.1) is 0 Å². The van der Waals surface area contributed by atoms with Crippen LogP contribution in [-0.2, 0) is 9.53 Å². The van der Waals surface area contributed by atoms with E-state index in [1.54, 1.807) is 13.0 Å². The van der Waals surface area contributed by atoms with E-state index in [0.717, 1.165) is 11.3 Å². The van der Waals surface area contributed by atoms with Crippen LogP contribution in [0.4, 0.5) is 0 Å². The molecule has 1 aliphatic heterocycles. The van der Waals surface area contributed by atoms with E-state index in [-0.39, 0.29) is 18.3 Å². The maximum absolute atomic E-state index is 12.1. The van der Waals surface area contributed by atoms with Crippen molar-refractivity contribution in [3.05, 3.63) is 41.7 Å². The molecule has 1 heterocycles. The molecule has 1 aromatic rings. The molecule has 0 saturated carbocycles. The van der Waals surface area contributed by atoms with Gasteiger partial charge < -0.3 is 14.2 Å². The predicted octanol–water partition coefficient (Wildman–Crippen LogP) is 3.57. The molecule has 1 aromatic carbocycles. The third-order valence-corrected chi connectivity index (χ3v) is 2.98. The fourth-order valence-corrected chi connectivity index (χ4v) is 1.87. The van der Waals surface area contributed by atoms with Crippen molar-refractivity contribution in [2.45, 2.75) is 20.8 Å². The van der Waals surface area contributed by atoms with E-state index in [0.29, 0.717) is 23.8 Å². The molecular formula is C17H20O4. The van der Waals surface area contributed by atoms with Crippen molar-refractivity contribution in [2.24, 2.45) is 5.92 Å². The lowest BCUT2D eigenvalue weighted by molar-refractivity contribution is -0.115. The van der Waals surface area contributed by atoms with Crippen LogP contribution in [0.25, 0.3) is 6.08 Å². The van der Waals surface area contributed by atoms with Crippen LogP contribution in [0.15, 0.2) is 36.1 Å². The van der Waals surface area contributed by atoms with Crippen molar-refractivity contribution in [3.63, 3.8) is 0 Å². The molecule has 0 bridgehead atoms. The van der Waals surface area contributed by atoms with Gasteiger partial charge in [-0.3, -0.25) is 4.79 Å². The first-order valence-electron chi connectivity index (χ1n) is 6.91. The Morgan fingerprint density at radius 3 is 2.81 bits per heavy atom. The smallest absolute Gasteiger partial charge is 0.231 e. The van der Waals surface area contributed by atoms with Gasteiger partial charge in [0.1, 0.15) is 0 Å². The molecule has 112 valence electrons. The SMILES string of the molecule is C=C(OCC(C)C)C(=O)/C(C)=C/c1ccc2c(c1)OCO2. The molecule has 0 radical (unpaired) electrons. The minimum absolute atomic E-state index is 0.179. The quantitative estimate of drug-likeness (QED) is 0.593. The number of Topliss-reactive ketones (excluding diaryl/α,β-unsaturated/α-hetero) is 1. The highest BCUT2D eigenvalue weighted by Gasteiger charge is 2.14. The van der Waals surface area contributed by atoms with Crippen LogP contribution in [0.1, 0.15) is 26.3 Å². The molecule has 0 spiro atoms. The van der Waals surface area contributed by atoms with Gasteiger partial charge in [-0.25, -0.2) is 0 Å². The lowest BCUT2D eigenvalue weighted by Crippen LogP contribution is -2.10. The number of ketones is 1. The number of carbonyl (C=O) groups excluding carboxylic acids is 1. The first kappa shape index (κ1) is 15.2. The highest BCUT2D eigenvalue weighted by atomic mass is 16.7. The summed E-state index contributed by atoms with van der Waals surface area (Å²) >= 11 is 0. The molecule has 0 N–H and O–H groups in total. The Kier molecular flexibility index (Phi) is 4.68.